The van der Waals surface area contributed by atoms with Crippen molar-refractivity contribution in [1.29, 1.82) is 5.26 Å². The van der Waals surface area contributed by atoms with E-state index in [0.29, 0.717) is 136 Å². The quantitative estimate of drug-likeness (QED) is 0.0563. The molecule has 0 unspecified atom stereocenters. The van der Waals surface area contributed by atoms with Crippen LogP contribution in [0.5, 0.6) is 41.3 Å². The summed E-state index contributed by atoms with van der Waals surface area (Å²) in [5.41, 5.74) is 3.77. The highest BCUT2D eigenvalue weighted by Gasteiger charge is 2.38. The number of phenols is 3. The molecule has 0 bridgehead atoms. The summed E-state index contributed by atoms with van der Waals surface area (Å²) in [6.45, 7) is 27.3. The Morgan fingerprint density at radius 3 is 1.34 bits per heavy atom. The first-order chi connectivity index (χ1) is 67.5. The number of anilines is 5. The van der Waals surface area contributed by atoms with Crippen molar-refractivity contribution in [3.05, 3.63) is 252 Å². The summed E-state index contributed by atoms with van der Waals surface area (Å²) >= 11 is 19.8. The van der Waals surface area contributed by atoms with Crippen molar-refractivity contribution in [2.24, 2.45) is 0 Å². The fourth-order valence-electron chi connectivity index (χ4n) is 18.9. The van der Waals surface area contributed by atoms with Crippen molar-refractivity contribution in [2.45, 2.75) is 64.3 Å². The number of hydrogen-bond donors (Lipinski definition) is 3. The number of hydrogen-bond acceptors (Lipinski definition) is 25. The molecule has 29 nitrogen and oxygen atoms in total. The number of halogens is 7. The molecule has 5 aliphatic heterocycles. The second-order valence-corrected chi connectivity index (χ2v) is 35.1. The van der Waals surface area contributed by atoms with Crippen LogP contribution in [0.2, 0.25) is 15.1 Å². The molecule has 14 aromatic rings. The highest BCUT2D eigenvalue weighted by molar-refractivity contribution is 6.36. The summed E-state index contributed by atoms with van der Waals surface area (Å²) in [6, 6.07) is 46.1. The lowest BCUT2D eigenvalue weighted by atomic mass is 9.96. The van der Waals surface area contributed by atoms with E-state index in [1.807, 2.05) is 84.0 Å². The zero-order valence-electron chi connectivity index (χ0n) is 77.5. The molecule has 36 heteroatoms. The first kappa shape index (κ1) is 97.7. The molecule has 4 amide bonds. The Labute approximate surface area is 818 Å². The Kier molecular flexibility index (Phi) is 29.2. The molecule has 0 saturated carbocycles. The van der Waals surface area contributed by atoms with E-state index in [4.69, 9.17) is 63.7 Å². The molecule has 718 valence electrons. The van der Waals surface area contributed by atoms with Gasteiger partial charge in [0.25, 0.3) is 0 Å². The number of benzene rings is 10. The number of aromatic hydroxyl groups is 3. The Morgan fingerprint density at radius 2 is 0.857 bits per heavy atom. The SMILES string of the molecule is C=CC(=O)N1CCN(c2nc(OC)nc3c(F)c(-c4c(O)cccc4F)c(Cl)cc23)C[C@H]1C.C=CC(=O)N1CCN(c2nc(OC)nc3c(F)c(-c4cc(O)cc5ccccc45)c(Cl)cc23)C[C@H]1C.C=CC(=O)N1CCN(c2nc(OC)nc3c(F)c(-c4cc(O)cc5ccccc45)c(Cl)cc23)[C@@H](C)C1.C=CC(=O)N1CCN(c2nc(OC)nc3c2CCN(c2cccc4ccccc24)C3)C[C@@H]1CC#N. The van der Waals surface area contributed by atoms with Crippen molar-refractivity contribution in [3.63, 3.8) is 0 Å². The molecule has 5 aliphatic rings. The van der Waals surface area contributed by atoms with Gasteiger partial charge in [0.15, 0.2) is 17.5 Å². The molecule has 0 aliphatic carbocycles. The Hall–Kier alpha value is -15.4. The third kappa shape index (κ3) is 19.4. The van der Waals surface area contributed by atoms with Gasteiger partial charge in [-0.3, -0.25) is 19.2 Å². The Morgan fingerprint density at radius 1 is 0.429 bits per heavy atom. The van der Waals surface area contributed by atoms with Gasteiger partial charge in [0.2, 0.25) is 23.6 Å². The number of piperazine rings is 4. The number of carbonyl (C=O) groups excluding carboxylic acids is 4. The largest absolute Gasteiger partial charge is 0.508 e. The minimum atomic E-state index is -0.909. The molecule has 0 radical (unpaired) electrons. The minimum Gasteiger partial charge on any atom is -0.508 e. The number of rotatable bonds is 17. The van der Waals surface area contributed by atoms with E-state index in [-0.39, 0.29) is 138 Å². The van der Waals surface area contributed by atoms with Gasteiger partial charge in [-0.2, -0.15) is 45.1 Å². The van der Waals surface area contributed by atoms with E-state index < -0.39 is 29.0 Å². The number of nitrogens with zero attached hydrogens (tertiary/aromatic N) is 18. The van der Waals surface area contributed by atoms with E-state index in [0.717, 1.165) is 57.7 Å². The lowest BCUT2D eigenvalue weighted by Crippen LogP contribution is -2.55. The maximum absolute atomic E-state index is 16.3. The molecule has 10 aromatic carbocycles. The fraction of sp³-hybridized carbons (Fsp3) is 0.260. The van der Waals surface area contributed by atoms with E-state index >= 15 is 13.2 Å². The topological polar surface area (TPSA) is 322 Å². The van der Waals surface area contributed by atoms with Crippen LogP contribution in [0, 0.1) is 34.6 Å². The first-order valence-corrected chi connectivity index (χ1v) is 46.1. The maximum Gasteiger partial charge on any atom is 0.318 e. The lowest BCUT2D eigenvalue weighted by molar-refractivity contribution is -0.129. The molecule has 0 spiro atoms. The summed E-state index contributed by atoms with van der Waals surface area (Å²) < 4.78 is 84.0. The average molecular weight is 1960 g/mol. The van der Waals surface area contributed by atoms with Crippen LogP contribution in [0.1, 0.15) is 38.4 Å². The third-order valence-electron chi connectivity index (χ3n) is 25.6. The number of amides is 4. The molecular weight excluding hydrogens is 1860 g/mol. The van der Waals surface area contributed by atoms with Gasteiger partial charge < -0.3 is 78.4 Å². The van der Waals surface area contributed by atoms with Crippen LogP contribution >= 0.6 is 34.8 Å². The summed E-state index contributed by atoms with van der Waals surface area (Å²) in [5.74, 6) is -1.87. The van der Waals surface area contributed by atoms with Crippen molar-refractivity contribution >= 4 is 152 Å². The number of ether oxygens (including phenoxy) is 4. The van der Waals surface area contributed by atoms with Crippen LogP contribution < -0.4 is 43.4 Å². The van der Waals surface area contributed by atoms with Crippen LogP contribution in [-0.2, 0) is 32.1 Å². The molecule has 19 rings (SSSR count). The van der Waals surface area contributed by atoms with Crippen LogP contribution in [0.15, 0.2) is 202 Å². The molecule has 4 fully saturated rings. The predicted octanol–water partition coefficient (Wildman–Crippen LogP) is 17.8. The van der Waals surface area contributed by atoms with Crippen LogP contribution in [0.4, 0.5) is 46.5 Å². The number of aromatic nitrogens is 8. The number of carbonyl (C=O) groups is 4. The van der Waals surface area contributed by atoms with Gasteiger partial charge in [0.1, 0.15) is 62.9 Å². The molecule has 140 heavy (non-hydrogen) atoms. The van der Waals surface area contributed by atoms with Gasteiger partial charge in [0.05, 0.1) is 79.8 Å². The van der Waals surface area contributed by atoms with Gasteiger partial charge in [-0.15, -0.1) is 0 Å². The normalized spacial score (nSPS) is 16.4. The van der Waals surface area contributed by atoms with E-state index in [9.17, 15) is 44.2 Å². The highest BCUT2D eigenvalue weighted by atomic mass is 35.5. The van der Waals surface area contributed by atoms with Crippen molar-refractivity contribution in [3.8, 4) is 80.7 Å². The number of fused-ring (bicyclic) bond motifs is 7. The molecular formula is C104H97Cl3F4N18O11. The Bertz CT molecular complexity index is 7330. The van der Waals surface area contributed by atoms with Crippen LogP contribution in [0.3, 0.4) is 0 Å². The second-order valence-electron chi connectivity index (χ2n) is 33.9. The summed E-state index contributed by atoms with van der Waals surface area (Å²) in [5, 5.41) is 47.0. The van der Waals surface area contributed by atoms with Gasteiger partial charge >= 0.3 is 24.0 Å². The van der Waals surface area contributed by atoms with E-state index in [1.165, 1.54) is 92.4 Å². The van der Waals surface area contributed by atoms with Crippen LogP contribution in [-0.4, -0.2) is 236 Å². The highest BCUT2D eigenvalue weighted by Crippen LogP contribution is 2.48. The van der Waals surface area contributed by atoms with E-state index in [2.05, 4.69) is 115 Å². The monoisotopic (exact) mass is 1950 g/mol. The van der Waals surface area contributed by atoms with E-state index in [1.54, 1.807) is 51.0 Å². The first-order valence-electron chi connectivity index (χ1n) is 44.9. The zero-order chi connectivity index (χ0) is 99.3. The zero-order valence-corrected chi connectivity index (χ0v) is 79.8. The molecule has 4 atom stereocenters. The van der Waals surface area contributed by atoms with Crippen molar-refractivity contribution < 1.29 is 71.0 Å². The average Bonchev–Trinajstić information content (AvgIpc) is 0.748. The third-order valence-corrected chi connectivity index (χ3v) is 26.5. The van der Waals surface area contributed by atoms with Crippen LogP contribution in [0.25, 0.3) is 98.4 Å². The molecule has 9 heterocycles. The van der Waals surface area contributed by atoms with Crippen molar-refractivity contribution in [1.82, 2.24) is 59.5 Å². The summed E-state index contributed by atoms with van der Waals surface area (Å²) in [6.07, 6.45) is 6.24. The summed E-state index contributed by atoms with van der Waals surface area (Å²) in [7, 11) is 5.78. The standard InChI is InChI=1S/2C27H24ClFN4O3.C27H28N6O2.C23H21ClF2N4O3/c1-4-22(35)33-10-9-32(14-15(33)2)26-20-13-21(28)23(24(29)25(20)30-27(31-26)36-3)19-12-17(34)11-16-7-5-6-8-18(16)19;1-4-22(35)32-9-10-33(15(2)14-32)26-20-13-21(28)23(24(29)25(20)30-27(31-26)36-3)19-12-17(34)11-16-7-5-6-8-18(16)19;1-3-25(34)33-16-15-32(17-20(33)11-13-28)26-22-12-14-31(18-23(22)29-27(30-26)35-2)24-10-6-8-19-7-4-5-9-21(19)24;1-4-17(32)30-9-8-29(11-12(30)2)22-13-10-14(24)18(19-15(25)6-5-7-16(19)31)20(26)21(13)27-23(28-22)33-3/h2*4-8,11-13,15,34H,1,9-10,14H2,2-3H3;3-10,20H,1,11-12,14-18H2,2H3;4-7,10,12,31H,1,8-9,11H2,2-3H3/t2*15-;20-;12-/m1001/s1. The number of methoxy groups -OCH3 is 4. The van der Waals surface area contributed by atoms with Gasteiger partial charge in [0, 0.05) is 153 Å². The van der Waals surface area contributed by atoms with Gasteiger partial charge in [-0.05, 0) is 150 Å². The smallest absolute Gasteiger partial charge is 0.318 e. The number of phenolic OH excluding ortho intramolecular Hbond substituents is 3. The second kappa shape index (κ2) is 41.9. The molecule has 4 aromatic heterocycles. The summed E-state index contributed by atoms with van der Waals surface area (Å²) in [4.78, 5) is 102. The van der Waals surface area contributed by atoms with Crippen molar-refractivity contribution in [2.75, 3.05) is 138 Å². The maximum atomic E-state index is 16.3. The van der Waals surface area contributed by atoms with Gasteiger partial charge in [-0.25, -0.2) is 17.6 Å². The molecule has 3 N–H and O–H groups in total. The predicted molar refractivity (Wildman–Crippen MR) is 536 cm³/mol. The fourth-order valence-corrected chi connectivity index (χ4v) is 19.8. The lowest BCUT2D eigenvalue weighted by Gasteiger charge is -2.42. The molecule has 4 saturated heterocycles. The minimum absolute atomic E-state index is 0.000915. The number of nitriles is 1. The van der Waals surface area contributed by atoms with Gasteiger partial charge in [-0.1, -0.05) is 152 Å². The Balaban J connectivity index is 0.000000135.